The van der Waals surface area contributed by atoms with Crippen molar-refractivity contribution in [2.75, 3.05) is 13.1 Å². The molecule has 18 heavy (non-hydrogen) atoms. The summed E-state index contributed by atoms with van der Waals surface area (Å²) in [5, 5.41) is 3.94. The highest BCUT2D eigenvalue weighted by Gasteiger charge is 2.32. The summed E-state index contributed by atoms with van der Waals surface area (Å²) in [7, 11) is 0. The zero-order valence-electron chi connectivity index (χ0n) is 12.0. The van der Waals surface area contributed by atoms with E-state index in [4.69, 9.17) is 0 Å². The van der Waals surface area contributed by atoms with Crippen LogP contribution in [0.25, 0.3) is 0 Å². The Morgan fingerprint density at radius 3 is 2.28 bits per heavy atom. The molecule has 1 saturated heterocycles. The quantitative estimate of drug-likeness (QED) is 0.824. The average Bonchev–Trinajstić information content (AvgIpc) is 2.80. The summed E-state index contributed by atoms with van der Waals surface area (Å²) in [4.78, 5) is 2.78. The van der Waals surface area contributed by atoms with E-state index in [9.17, 15) is 0 Å². The monoisotopic (exact) mass is 250 g/mol. The van der Waals surface area contributed by atoms with Gasteiger partial charge in [-0.05, 0) is 57.9 Å². The van der Waals surface area contributed by atoms with Crippen LogP contribution >= 0.6 is 0 Å². The van der Waals surface area contributed by atoms with Gasteiger partial charge in [-0.3, -0.25) is 4.90 Å². The lowest BCUT2D eigenvalue weighted by Gasteiger charge is -2.43. The number of nitrogens with one attached hydrogen (secondary N) is 1. The van der Waals surface area contributed by atoms with Crippen LogP contribution in [0.15, 0.2) is 0 Å². The second-order valence-electron chi connectivity index (χ2n) is 6.91. The molecule has 0 bridgehead atoms. The fourth-order valence-corrected chi connectivity index (χ4v) is 4.16. The Bertz CT molecular complexity index is 256. The summed E-state index contributed by atoms with van der Waals surface area (Å²) in [6.07, 6.45) is 13.0. The number of hydrogen-bond donors (Lipinski definition) is 1. The molecular weight excluding hydrogens is 220 g/mol. The first-order valence-electron chi connectivity index (χ1n) is 8.33. The lowest BCUT2D eigenvalue weighted by atomic mass is 9.79. The van der Waals surface area contributed by atoms with Crippen LogP contribution in [0.4, 0.5) is 0 Å². The number of hydrogen-bond acceptors (Lipinski definition) is 2. The van der Waals surface area contributed by atoms with E-state index in [0.29, 0.717) is 0 Å². The SMILES string of the molecule is CC(C1CCC1)N1CCCC(NC2CCCC2)C1. The van der Waals surface area contributed by atoms with E-state index in [0.717, 1.165) is 24.0 Å². The molecule has 1 N–H and O–H groups in total. The number of piperidine rings is 1. The van der Waals surface area contributed by atoms with Crippen LogP contribution in [0.2, 0.25) is 0 Å². The molecule has 1 aliphatic heterocycles. The van der Waals surface area contributed by atoms with Gasteiger partial charge in [-0.25, -0.2) is 0 Å². The van der Waals surface area contributed by atoms with Crippen molar-refractivity contribution in [2.24, 2.45) is 5.92 Å². The maximum atomic E-state index is 3.94. The van der Waals surface area contributed by atoms with Crippen molar-refractivity contribution >= 4 is 0 Å². The van der Waals surface area contributed by atoms with Crippen LogP contribution in [0.5, 0.6) is 0 Å². The smallest absolute Gasteiger partial charge is 0.0198 e. The molecule has 104 valence electrons. The molecule has 2 aliphatic carbocycles. The van der Waals surface area contributed by atoms with Crippen molar-refractivity contribution in [1.29, 1.82) is 0 Å². The second-order valence-corrected chi connectivity index (χ2v) is 6.91. The Labute approximate surface area is 113 Å². The van der Waals surface area contributed by atoms with Crippen LogP contribution in [0, 0.1) is 5.92 Å². The van der Waals surface area contributed by atoms with Crippen molar-refractivity contribution in [3.63, 3.8) is 0 Å². The van der Waals surface area contributed by atoms with E-state index in [-0.39, 0.29) is 0 Å². The zero-order valence-corrected chi connectivity index (χ0v) is 12.0. The Kier molecular flexibility index (Phi) is 4.25. The Hall–Kier alpha value is -0.0800. The van der Waals surface area contributed by atoms with E-state index in [1.807, 2.05) is 0 Å². The largest absolute Gasteiger partial charge is 0.310 e. The predicted molar refractivity (Wildman–Crippen MR) is 76.8 cm³/mol. The van der Waals surface area contributed by atoms with E-state index >= 15 is 0 Å². The minimum Gasteiger partial charge on any atom is -0.310 e. The van der Waals surface area contributed by atoms with Gasteiger partial charge in [-0.1, -0.05) is 19.3 Å². The molecule has 2 nitrogen and oxygen atoms in total. The van der Waals surface area contributed by atoms with Gasteiger partial charge in [-0.15, -0.1) is 0 Å². The Morgan fingerprint density at radius 2 is 1.61 bits per heavy atom. The summed E-state index contributed by atoms with van der Waals surface area (Å²) in [6, 6.07) is 2.46. The van der Waals surface area contributed by atoms with Crippen molar-refractivity contribution in [2.45, 2.75) is 82.8 Å². The lowest BCUT2D eigenvalue weighted by Crippen LogP contribution is -2.53. The number of likely N-dealkylation sites (tertiary alicyclic amines) is 1. The fraction of sp³-hybridized carbons (Fsp3) is 1.00. The first kappa shape index (κ1) is 12.9. The van der Waals surface area contributed by atoms with Gasteiger partial charge in [0.2, 0.25) is 0 Å². The van der Waals surface area contributed by atoms with Gasteiger partial charge in [-0.2, -0.15) is 0 Å². The van der Waals surface area contributed by atoms with E-state index in [2.05, 4.69) is 17.1 Å². The van der Waals surface area contributed by atoms with Crippen molar-refractivity contribution in [3.05, 3.63) is 0 Å². The van der Waals surface area contributed by atoms with Gasteiger partial charge in [0, 0.05) is 24.7 Å². The molecule has 0 aromatic rings. The summed E-state index contributed by atoms with van der Waals surface area (Å²) in [6.45, 7) is 5.14. The normalized spacial score (nSPS) is 33.5. The third-order valence-electron chi connectivity index (χ3n) is 5.69. The molecule has 0 radical (unpaired) electrons. The third-order valence-corrected chi connectivity index (χ3v) is 5.69. The minimum atomic E-state index is 0.782. The predicted octanol–water partition coefficient (Wildman–Crippen LogP) is 3.17. The summed E-state index contributed by atoms with van der Waals surface area (Å²) < 4.78 is 0. The van der Waals surface area contributed by atoms with E-state index in [1.165, 1.54) is 70.9 Å². The van der Waals surface area contributed by atoms with E-state index < -0.39 is 0 Å². The lowest BCUT2D eigenvalue weighted by molar-refractivity contribution is 0.0740. The van der Waals surface area contributed by atoms with Crippen LogP contribution in [0.3, 0.4) is 0 Å². The van der Waals surface area contributed by atoms with Gasteiger partial charge < -0.3 is 5.32 Å². The van der Waals surface area contributed by atoms with Gasteiger partial charge in [0.05, 0.1) is 0 Å². The molecule has 2 saturated carbocycles. The second kappa shape index (κ2) is 5.92. The maximum absolute atomic E-state index is 3.94. The molecule has 0 spiro atoms. The highest BCUT2D eigenvalue weighted by molar-refractivity contribution is 4.88. The molecular formula is C16H30N2. The van der Waals surface area contributed by atoms with Gasteiger partial charge in [0.15, 0.2) is 0 Å². The summed E-state index contributed by atoms with van der Waals surface area (Å²) >= 11 is 0. The van der Waals surface area contributed by atoms with Crippen molar-refractivity contribution < 1.29 is 0 Å². The van der Waals surface area contributed by atoms with Gasteiger partial charge in [0.25, 0.3) is 0 Å². The number of nitrogens with zero attached hydrogens (tertiary/aromatic N) is 1. The molecule has 1 heterocycles. The molecule has 2 atom stereocenters. The molecule has 0 amide bonds. The Morgan fingerprint density at radius 1 is 0.889 bits per heavy atom. The topological polar surface area (TPSA) is 15.3 Å². The van der Waals surface area contributed by atoms with Crippen LogP contribution < -0.4 is 5.32 Å². The van der Waals surface area contributed by atoms with E-state index in [1.54, 1.807) is 0 Å². The third kappa shape index (κ3) is 2.91. The highest BCUT2D eigenvalue weighted by Crippen LogP contribution is 2.33. The molecule has 0 aromatic heterocycles. The molecule has 3 aliphatic rings. The molecule has 2 heteroatoms. The average molecular weight is 250 g/mol. The van der Waals surface area contributed by atoms with Crippen molar-refractivity contribution in [1.82, 2.24) is 10.2 Å². The summed E-state index contributed by atoms with van der Waals surface area (Å²) in [5.74, 6) is 1.01. The fourth-order valence-electron chi connectivity index (χ4n) is 4.16. The molecule has 0 aromatic carbocycles. The van der Waals surface area contributed by atoms with Crippen LogP contribution in [-0.2, 0) is 0 Å². The Balaban J connectivity index is 1.47. The standard InChI is InChI=1S/C16H30N2/c1-13(14-6-4-7-14)18-11-5-10-16(12-18)17-15-8-2-3-9-15/h13-17H,2-12H2,1H3. The van der Waals surface area contributed by atoms with Crippen molar-refractivity contribution in [3.8, 4) is 0 Å². The first-order valence-corrected chi connectivity index (χ1v) is 8.33. The minimum absolute atomic E-state index is 0.782. The molecule has 3 fully saturated rings. The van der Waals surface area contributed by atoms with Crippen LogP contribution in [0.1, 0.15) is 64.7 Å². The molecule has 3 rings (SSSR count). The van der Waals surface area contributed by atoms with Gasteiger partial charge >= 0.3 is 0 Å². The summed E-state index contributed by atoms with van der Waals surface area (Å²) in [5.41, 5.74) is 0. The van der Waals surface area contributed by atoms with Crippen LogP contribution in [-0.4, -0.2) is 36.1 Å². The highest BCUT2D eigenvalue weighted by atomic mass is 15.2. The number of rotatable bonds is 4. The first-order chi connectivity index (χ1) is 8.83. The van der Waals surface area contributed by atoms with Gasteiger partial charge in [0.1, 0.15) is 0 Å². The maximum Gasteiger partial charge on any atom is 0.0198 e. The zero-order chi connectivity index (χ0) is 12.4. The molecule has 2 unspecified atom stereocenters.